The summed E-state index contributed by atoms with van der Waals surface area (Å²) >= 11 is 5.59. The van der Waals surface area contributed by atoms with E-state index in [4.69, 9.17) is 17.0 Å². The molecule has 0 bridgehead atoms. The maximum Gasteiger partial charge on any atom is 0.171 e. The van der Waals surface area contributed by atoms with Gasteiger partial charge in [-0.05, 0) is 49.3 Å². The van der Waals surface area contributed by atoms with Crippen LogP contribution in [0.4, 0.5) is 5.69 Å². The van der Waals surface area contributed by atoms with E-state index >= 15 is 0 Å². The van der Waals surface area contributed by atoms with E-state index in [0.717, 1.165) is 17.0 Å². The number of nitrogens with one attached hydrogen (secondary N) is 2. The van der Waals surface area contributed by atoms with Gasteiger partial charge in [0.25, 0.3) is 0 Å². The molecule has 3 aromatic rings. The maximum atomic E-state index is 5.59. The summed E-state index contributed by atoms with van der Waals surface area (Å²) in [6.45, 7) is 4.70. The van der Waals surface area contributed by atoms with Crippen molar-refractivity contribution in [2.45, 2.75) is 19.9 Å². The number of thiocarbonyl (C=S) groups is 1. The molecule has 0 spiro atoms. The normalized spacial score (nSPS) is 11.5. The van der Waals surface area contributed by atoms with Crippen LogP contribution in [0.3, 0.4) is 0 Å². The molecule has 27 heavy (non-hydrogen) atoms. The van der Waals surface area contributed by atoms with E-state index in [1.165, 1.54) is 11.1 Å². The Balaban J connectivity index is 1.80. The van der Waals surface area contributed by atoms with E-state index in [0.29, 0.717) is 11.7 Å². The van der Waals surface area contributed by atoms with E-state index in [1.807, 2.05) is 49.4 Å². The third-order valence-corrected chi connectivity index (χ3v) is 4.41. The van der Waals surface area contributed by atoms with Gasteiger partial charge in [-0.1, -0.05) is 66.2 Å². The van der Waals surface area contributed by atoms with E-state index in [1.54, 1.807) is 0 Å². The van der Waals surface area contributed by atoms with Gasteiger partial charge in [0.2, 0.25) is 0 Å². The topological polar surface area (TPSA) is 33.3 Å². The number of rotatable bonds is 6. The predicted molar refractivity (Wildman–Crippen MR) is 116 cm³/mol. The number of hydrogen-bond donors (Lipinski definition) is 2. The Hall–Kier alpha value is -2.85. The van der Waals surface area contributed by atoms with Crippen LogP contribution in [0.5, 0.6) is 5.75 Å². The lowest BCUT2D eigenvalue weighted by atomic mass is 9.97. The fraction of sp³-hybridized carbons (Fsp3) is 0.174. The Morgan fingerprint density at radius 1 is 0.926 bits per heavy atom. The van der Waals surface area contributed by atoms with Crippen molar-refractivity contribution in [3.63, 3.8) is 0 Å². The molecule has 0 aromatic heterocycles. The Bertz CT molecular complexity index is 896. The van der Waals surface area contributed by atoms with Gasteiger partial charge < -0.3 is 15.4 Å². The molecule has 0 unspecified atom stereocenters. The van der Waals surface area contributed by atoms with Crippen LogP contribution in [0, 0.1) is 6.92 Å². The van der Waals surface area contributed by atoms with Crippen LogP contribution in [0.25, 0.3) is 0 Å². The lowest BCUT2D eigenvalue weighted by Crippen LogP contribution is -2.33. The molecular weight excluding hydrogens is 352 g/mol. The summed E-state index contributed by atoms with van der Waals surface area (Å²) in [5.41, 5.74) is 4.46. The molecule has 3 nitrogen and oxygen atoms in total. The second-order valence-electron chi connectivity index (χ2n) is 6.32. The first-order chi connectivity index (χ1) is 13.2. The Kier molecular flexibility index (Phi) is 6.44. The van der Waals surface area contributed by atoms with E-state index in [-0.39, 0.29) is 6.04 Å². The van der Waals surface area contributed by atoms with Gasteiger partial charge in [-0.2, -0.15) is 0 Å². The van der Waals surface area contributed by atoms with Gasteiger partial charge >= 0.3 is 0 Å². The third-order valence-electron chi connectivity index (χ3n) is 4.19. The van der Waals surface area contributed by atoms with Gasteiger partial charge in [-0.3, -0.25) is 0 Å². The van der Waals surface area contributed by atoms with Crippen LogP contribution in [0.15, 0.2) is 78.9 Å². The molecule has 0 aliphatic heterocycles. The van der Waals surface area contributed by atoms with Gasteiger partial charge in [-0.15, -0.1) is 0 Å². The summed E-state index contributed by atoms with van der Waals surface area (Å²) in [6, 6.07) is 26.6. The summed E-state index contributed by atoms with van der Waals surface area (Å²) in [6.07, 6.45) is 0. The maximum absolute atomic E-state index is 5.59. The lowest BCUT2D eigenvalue weighted by Gasteiger charge is -2.22. The van der Waals surface area contributed by atoms with Crippen LogP contribution in [-0.2, 0) is 0 Å². The highest BCUT2D eigenvalue weighted by Gasteiger charge is 2.15. The molecule has 3 rings (SSSR count). The first-order valence-corrected chi connectivity index (χ1v) is 9.48. The second-order valence-corrected chi connectivity index (χ2v) is 6.73. The number of ether oxygens (including phenoxy) is 1. The highest BCUT2D eigenvalue weighted by Crippen LogP contribution is 2.23. The largest absolute Gasteiger partial charge is 0.494 e. The zero-order valence-corrected chi connectivity index (χ0v) is 16.4. The molecule has 3 aromatic carbocycles. The Morgan fingerprint density at radius 3 is 2.41 bits per heavy atom. The molecule has 0 radical (unpaired) electrons. The number of anilines is 1. The van der Waals surface area contributed by atoms with Crippen LogP contribution < -0.4 is 15.4 Å². The summed E-state index contributed by atoms with van der Waals surface area (Å²) in [7, 11) is 0. The highest BCUT2D eigenvalue weighted by atomic mass is 32.1. The van der Waals surface area contributed by atoms with Crippen molar-refractivity contribution in [1.82, 2.24) is 5.32 Å². The van der Waals surface area contributed by atoms with Crippen LogP contribution in [0.2, 0.25) is 0 Å². The summed E-state index contributed by atoms with van der Waals surface area (Å²) in [4.78, 5) is 0. The van der Waals surface area contributed by atoms with Crippen molar-refractivity contribution in [1.29, 1.82) is 0 Å². The standard InChI is InChI=1S/C23H24N2OS/c1-3-26-21-14-8-13-20(16-21)24-23(27)25-22(18-10-5-4-6-11-18)19-12-7-9-17(2)15-19/h4-16,22H,3H2,1-2H3,(H2,24,25,27)/t22-/m1/s1. The molecule has 0 saturated carbocycles. The molecule has 0 amide bonds. The van der Waals surface area contributed by atoms with Crippen molar-refractivity contribution in [3.8, 4) is 5.75 Å². The molecule has 0 fully saturated rings. The zero-order chi connectivity index (χ0) is 19.1. The van der Waals surface area contributed by atoms with Crippen molar-refractivity contribution in [2.75, 3.05) is 11.9 Å². The molecule has 0 aliphatic rings. The summed E-state index contributed by atoms with van der Waals surface area (Å²) in [5, 5.41) is 7.29. The number of aryl methyl sites for hydroxylation is 1. The first kappa shape index (κ1) is 18.9. The minimum Gasteiger partial charge on any atom is -0.494 e. The Labute approximate surface area is 166 Å². The van der Waals surface area contributed by atoms with Crippen molar-refractivity contribution >= 4 is 23.0 Å². The number of benzene rings is 3. The lowest BCUT2D eigenvalue weighted by molar-refractivity contribution is 0.340. The highest BCUT2D eigenvalue weighted by molar-refractivity contribution is 7.80. The average molecular weight is 377 g/mol. The van der Waals surface area contributed by atoms with Gasteiger partial charge in [0.05, 0.1) is 12.6 Å². The van der Waals surface area contributed by atoms with Crippen molar-refractivity contribution in [2.24, 2.45) is 0 Å². The molecule has 138 valence electrons. The van der Waals surface area contributed by atoms with Crippen LogP contribution in [0.1, 0.15) is 29.7 Å². The second kappa shape index (κ2) is 9.19. The number of hydrogen-bond acceptors (Lipinski definition) is 2. The van der Waals surface area contributed by atoms with Crippen LogP contribution in [-0.4, -0.2) is 11.7 Å². The average Bonchev–Trinajstić information content (AvgIpc) is 2.67. The Morgan fingerprint density at radius 2 is 1.67 bits per heavy atom. The zero-order valence-electron chi connectivity index (χ0n) is 15.6. The third kappa shape index (κ3) is 5.31. The van der Waals surface area contributed by atoms with E-state index < -0.39 is 0 Å². The van der Waals surface area contributed by atoms with E-state index in [9.17, 15) is 0 Å². The van der Waals surface area contributed by atoms with Gasteiger partial charge in [0, 0.05) is 11.8 Å². The fourth-order valence-electron chi connectivity index (χ4n) is 2.98. The molecular formula is C23H24N2OS. The minimum absolute atomic E-state index is 0.0267. The molecule has 0 heterocycles. The minimum atomic E-state index is -0.0267. The smallest absolute Gasteiger partial charge is 0.171 e. The predicted octanol–water partition coefficient (Wildman–Crippen LogP) is 5.47. The molecule has 4 heteroatoms. The quantitative estimate of drug-likeness (QED) is 0.559. The monoisotopic (exact) mass is 376 g/mol. The van der Waals surface area contributed by atoms with E-state index in [2.05, 4.69) is 54.0 Å². The SMILES string of the molecule is CCOc1cccc(NC(=S)N[C@H](c2ccccc2)c2cccc(C)c2)c1. The molecule has 0 aliphatic carbocycles. The van der Waals surface area contributed by atoms with Gasteiger partial charge in [0.1, 0.15) is 5.75 Å². The van der Waals surface area contributed by atoms with Gasteiger partial charge in [0.15, 0.2) is 5.11 Å². The fourth-order valence-corrected chi connectivity index (χ4v) is 3.22. The van der Waals surface area contributed by atoms with Crippen molar-refractivity contribution < 1.29 is 4.74 Å². The summed E-state index contributed by atoms with van der Waals surface area (Å²) < 4.78 is 5.56. The molecule has 0 saturated heterocycles. The van der Waals surface area contributed by atoms with Gasteiger partial charge in [-0.25, -0.2) is 0 Å². The molecule has 1 atom stereocenters. The first-order valence-electron chi connectivity index (χ1n) is 9.07. The van der Waals surface area contributed by atoms with Crippen LogP contribution >= 0.6 is 12.2 Å². The summed E-state index contributed by atoms with van der Waals surface area (Å²) in [5.74, 6) is 0.823. The molecule has 2 N–H and O–H groups in total. The van der Waals surface area contributed by atoms with Crippen molar-refractivity contribution in [3.05, 3.63) is 95.6 Å².